The SMILES string of the molecule is CCOc1ccc(NC(=O)c2nn(-c3ccc(C)cc3)c(=O)cc2OC)cc1. The lowest BCUT2D eigenvalue weighted by Crippen LogP contribution is -2.26. The number of anilines is 1. The average molecular weight is 379 g/mol. The zero-order chi connectivity index (χ0) is 20.1. The Bertz CT molecular complexity index is 1030. The van der Waals surface area contributed by atoms with Crippen LogP contribution in [0.25, 0.3) is 5.69 Å². The molecule has 3 rings (SSSR count). The van der Waals surface area contributed by atoms with Crippen LogP contribution in [0.1, 0.15) is 23.0 Å². The van der Waals surface area contributed by atoms with Gasteiger partial charge in [-0.1, -0.05) is 17.7 Å². The van der Waals surface area contributed by atoms with Gasteiger partial charge in [0.2, 0.25) is 0 Å². The maximum Gasteiger partial charge on any atom is 0.280 e. The van der Waals surface area contributed by atoms with Crippen molar-refractivity contribution in [2.45, 2.75) is 13.8 Å². The van der Waals surface area contributed by atoms with Crippen molar-refractivity contribution in [2.75, 3.05) is 19.0 Å². The number of nitrogens with zero attached hydrogens (tertiary/aromatic N) is 2. The van der Waals surface area contributed by atoms with E-state index in [0.717, 1.165) is 5.56 Å². The predicted octanol–water partition coefficient (Wildman–Crippen LogP) is 3.20. The van der Waals surface area contributed by atoms with Crippen LogP contribution >= 0.6 is 0 Å². The molecule has 0 spiro atoms. The third-order valence-electron chi connectivity index (χ3n) is 4.03. The van der Waals surface area contributed by atoms with Gasteiger partial charge in [0.25, 0.3) is 11.5 Å². The van der Waals surface area contributed by atoms with Crippen LogP contribution in [-0.4, -0.2) is 29.4 Å². The molecule has 1 aromatic heterocycles. The Labute approximate surface area is 162 Å². The molecule has 144 valence electrons. The molecule has 0 atom stereocenters. The fourth-order valence-electron chi connectivity index (χ4n) is 2.62. The fraction of sp³-hybridized carbons (Fsp3) is 0.190. The zero-order valence-corrected chi connectivity index (χ0v) is 15.9. The van der Waals surface area contributed by atoms with Crippen LogP contribution in [0.15, 0.2) is 59.4 Å². The molecule has 0 saturated heterocycles. The minimum Gasteiger partial charge on any atom is -0.494 e. The van der Waals surface area contributed by atoms with Crippen molar-refractivity contribution in [1.29, 1.82) is 0 Å². The molecule has 0 bridgehead atoms. The largest absolute Gasteiger partial charge is 0.494 e. The number of amides is 1. The van der Waals surface area contributed by atoms with E-state index < -0.39 is 11.5 Å². The van der Waals surface area contributed by atoms with Crippen molar-refractivity contribution in [3.63, 3.8) is 0 Å². The van der Waals surface area contributed by atoms with Crippen LogP contribution in [0, 0.1) is 6.92 Å². The topological polar surface area (TPSA) is 82.5 Å². The molecule has 7 heteroatoms. The first-order chi connectivity index (χ1) is 13.5. The first-order valence-electron chi connectivity index (χ1n) is 8.81. The van der Waals surface area contributed by atoms with Crippen molar-refractivity contribution in [2.24, 2.45) is 0 Å². The van der Waals surface area contributed by atoms with E-state index in [1.165, 1.54) is 17.9 Å². The van der Waals surface area contributed by atoms with Crippen LogP contribution in [0.4, 0.5) is 5.69 Å². The molecular formula is C21H21N3O4. The van der Waals surface area contributed by atoms with Gasteiger partial charge in [-0.3, -0.25) is 9.59 Å². The first-order valence-corrected chi connectivity index (χ1v) is 8.81. The fourth-order valence-corrected chi connectivity index (χ4v) is 2.62. The van der Waals surface area contributed by atoms with E-state index in [9.17, 15) is 9.59 Å². The Kier molecular flexibility index (Phi) is 5.74. The Hall–Kier alpha value is -3.61. The second kappa shape index (κ2) is 8.39. The lowest BCUT2D eigenvalue weighted by molar-refractivity contribution is 0.101. The van der Waals surface area contributed by atoms with Gasteiger partial charge in [0, 0.05) is 5.69 Å². The number of benzene rings is 2. The second-order valence-corrected chi connectivity index (χ2v) is 6.06. The molecule has 2 aromatic carbocycles. The highest BCUT2D eigenvalue weighted by Crippen LogP contribution is 2.19. The molecule has 0 fully saturated rings. The summed E-state index contributed by atoms with van der Waals surface area (Å²) in [5, 5.41) is 6.99. The molecule has 3 aromatic rings. The van der Waals surface area contributed by atoms with Gasteiger partial charge < -0.3 is 14.8 Å². The van der Waals surface area contributed by atoms with E-state index in [2.05, 4.69) is 10.4 Å². The highest BCUT2D eigenvalue weighted by molar-refractivity contribution is 6.04. The summed E-state index contributed by atoms with van der Waals surface area (Å²) in [6.45, 7) is 4.41. The molecule has 0 aliphatic heterocycles. The second-order valence-electron chi connectivity index (χ2n) is 6.06. The van der Waals surface area contributed by atoms with Gasteiger partial charge in [-0.25, -0.2) is 0 Å². The van der Waals surface area contributed by atoms with E-state index in [4.69, 9.17) is 9.47 Å². The highest BCUT2D eigenvalue weighted by Gasteiger charge is 2.18. The maximum atomic E-state index is 12.8. The van der Waals surface area contributed by atoms with Crippen LogP contribution in [0.3, 0.4) is 0 Å². The summed E-state index contributed by atoms with van der Waals surface area (Å²) in [5.74, 6) is 0.336. The van der Waals surface area contributed by atoms with E-state index in [-0.39, 0.29) is 11.4 Å². The summed E-state index contributed by atoms with van der Waals surface area (Å²) in [7, 11) is 1.39. The van der Waals surface area contributed by atoms with Gasteiger partial charge in [-0.05, 0) is 50.2 Å². The van der Waals surface area contributed by atoms with Gasteiger partial charge in [-0.2, -0.15) is 9.78 Å². The molecule has 1 amide bonds. The van der Waals surface area contributed by atoms with Gasteiger partial charge in [0.15, 0.2) is 11.4 Å². The lowest BCUT2D eigenvalue weighted by atomic mass is 10.2. The molecule has 7 nitrogen and oxygen atoms in total. The van der Waals surface area contributed by atoms with Crippen molar-refractivity contribution in [3.05, 3.63) is 76.2 Å². The predicted molar refractivity (Wildman–Crippen MR) is 107 cm³/mol. The van der Waals surface area contributed by atoms with Crippen molar-refractivity contribution < 1.29 is 14.3 Å². The average Bonchev–Trinajstić information content (AvgIpc) is 2.70. The highest BCUT2D eigenvalue weighted by atomic mass is 16.5. The third-order valence-corrected chi connectivity index (χ3v) is 4.03. The van der Waals surface area contributed by atoms with Gasteiger partial charge >= 0.3 is 0 Å². The van der Waals surface area contributed by atoms with E-state index in [1.54, 1.807) is 36.4 Å². The Morgan fingerprint density at radius 2 is 1.79 bits per heavy atom. The molecule has 0 unspecified atom stereocenters. The summed E-state index contributed by atoms with van der Waals surface area (Å²) in [4.78, 5) is 25.1. The summed E-state index contributed by atoms with van der Waals surface area (Å²) in [6.07, 6.45) is 0. The number of carbonyl (C=O) groups excluding carboxylic acids is 1. The Morgan fingerprint density at radius 3 is 2.39 bits per heavy atom. The van der Waals surface area contributed by atoms with E-state index >= 15 is 0 Å². The number of nitrogens with one attached hydrogen (secondary N) is 1. The van der Waals surface area contributed by atoms with Gasteiger partial charge in [-0.15, -0.1) is 0 Å². The summed E-state index contributed by atoms with van der Waals surface area (Å²) < 4.78 is 11.8. The Morgan fingerprint density at radius 1 is 1.11 bits per heavy atom. The monoisotopic (exact) mass is 379 g/mol. The minimum atomic E-state index is -0.484. The summed E-state index contributed by atoms with van der Waals surface area (Å²) >= 11 is 0. The third kappa shape index (κ3) is 4.20. The molecule has 0 radical (unpaired) electrons. The van der Waals surface area contributed by atoms with Gasteiger partial charge in [0.05, 0.1) is 25.5 Å². The standard InChI is InChI=1S/C21H21N3O4/c1-4-28-17-11-7-15(8-12-17)22-21(26)20-18(27-3)13-19(25)24(23-20)16-9-5-14(2)6-10-16/h5-13H,4H2,1-3H3,(H,22,26). The number of methoxy groups -OCH3 is 1. The zero-order valence-electron chi connectivity index (χ0n) is 15.9. The molecular weight excluding hydrogens is 358 g/mol. The van der Waals surface area contributed by atoms with E-state index in [1.807, 2.05) is 26.0 Å². The van der Waals surface area contributed by atoms with Crippen LogP contribution in [0.5, 0.6) is 11.5 Å². The number of ether oxygens (including phenoxy) is 2. The number of carbonyl (C=O) groups is 1. The van der Waals surface area contributed by atoms with Crippen molar-refractivity contribution in [1.82, 2.24) is 9.78 Å². The van der Waals surface area contributed by atoms with Crippen LogP contribution < -0.4 is 20.3 Å². The Balaban J connectivity index is 1.93. The van der Waals surface area contributed by atoms with Crippen LogP contribution in [-0.2, 0) is 0 Å². The number of aromatic nitrogens is 2. The first kappa shape index (κ1) is 19.2. The van der Waals surface area contributed by atoms with Crippen LogP contribution in [0.2, 0.25) is 0 Å². The molecule has 0 saturated carbocycles. The number of hydrogen-bond donors (Lipinski definition) is 1. The molecule has 28 heavy (non-hydrogen) atoms. The number of hydrogen-bond acceptors (Lipinski definition) is 5. The number of aryl methyl sites for hydroxylation is 1. The molecule has 1 N–H and O–H groups in total. The molecule has 0 aliphatic carbocycles. The van der Waals surface area contributed by atoms with Crippen molar-refractivity contribution >= 4 is 11.6 Å². The lowest BCUT2D eigenvalue weighted by Gasteiger charge is -2.12. The normalized spacial score (nSPS) is 10.4. The summed E-state index contributed by atoms with van der Waals surface area (Å²) in [5.41, 5.74) is 1.81. The minimum absolute atomic E-state index is 0.0107. The van der Waals surface area contributed by atoms with Crippen molar-refractivity contribution in [3.8, 4) is 17.2 Å². The van der Waals surface area contributed by atoms with Gasteiger partial charge in [0.1, 0.15) is 5.75 Å². The molecule has 1 heterocycles. The maximum absolute atomic E-state index is 12.8. The van der Waals surface area contributed by atoms with E-state index in [0.29, 0.717) is 23.7 Å². The quantitative estimate of drug-likeness (QED) is 0.711. The molecule has 0 aliphatic rings. The summed E-state index contributed by atoms with van der Waals surface area (Å²) in [6, 6.07) is 15.5. The smallest absolute Gasteiger partial charge is 0.280 e. The number of rotatable bonds is 6.